The van der Waals surface area contributed by atoms with Gasteiger partial charge in [-0.2, -0.15) is 0 Å². The fourth-order valence-corrected chi connectivity index (χ4v) is 6.69. The zero-order chi connectivity index (χ0) is 40.5. The third kappa shape index (κ3) is 9.61. The largest absolute Gasteiger partial charge is 0.493 e. The average molecular weight is 808 g/mol. The lowest BCUT2D eigenvalue weighted by Crippen LogP contribution is -2.54. The molecule has 1 aromatic heterocycles. The van der Waals surface area contributed by atoms with Crippen LogP contribution in [0.5, 0.6) is 11.5 Å². The maximum Gasteiger partial charge on any atom is 0.266 e. The van der Waals surface area contributed by atoms with Gasteiger partial charge in [0.25, 0.3) is 11.8 Å². The number of nitrogens with zero attached hydrogens (tertiary/aromatic N) is 1. The van der Waals surface area contributed by atoms with Crippen molar-refractivity contribution < 1.29 is 57.5 Å². The lowest BCUT2D eigenvalue weighted by molar-refractivity contribution is -0.136. The molecule has 6 rings (SSSR count). The molecule has 302 valence electrons. The number of anilines is 1. The second kappa shape index (κ2) is 19.2. The summed E-state index contributed by atoms with van der Waals surface area (Å²) < 4.78 is 34.1. The topological polar surface area (TPSA) is 212 Å². The van der Waals surface area contributed by atoms with E-state index in [4.69, 9.17) is 39.7 Å². The summed E-state index contributed by atoms with van der Waals surface area (Å²) in [6, 6.07) is 13.2. The van der Waals surface area contributed by atoms with E-state index in [1.807, 2.05) is 0 Å². The second-order valence-electron chi connectivity index (χ2n) is 12.9. The summed E-state index contributed by atoms with van der Waals surface area (Å²) >= 11 is 6.58. The maximum atomic E-state index is 13.2. The van der Waals surface area contributed by atoms with Crippen LogP contribution >= 0.6 is 11.6 Å². The van der Waals surface area contributed by atoms with Crippen LogP contribution in [0, 0.1) is 0 Å². The van der Waals surface area contributed by atoms with Crippen LogP contribution in [0.4, 0.5) is 5.69 Å². The first-order valence-electron chi connectivity index (χ1n) is 18.4. The zero-order valence-electron chi connectivity index (χ0n) is 31.0. The van der Waals surface area contributed by atoms with Gasteiger partial charge in [-0.1, -0.05) is 17.7 Å². The van der Waals surface area contributed by atoms with Gasteiger partial charge in [-0.3, -0.25) is 34.2 Å². The molecule has 0 saturated carbocycles. The number of piperidine rings is 1. The number of imide groups is 2. The molecule has 16 nitrogen and oxygen atoms in total. The van der Waals surface area contributed by atoms with E-state index in [2.05, 4.69) is 10.6 Å². The van der Waals surface area contributed by atoms with Crippen LogP contribution < -0.4 is 25.5 Å². The molecule has 0 bridgehead atoms. The summed E-state index contributed by atoms with van der Waals surface area (Å²) in [5, 5.41) is 25.6. The molecule has 2 unspecified atom stereocenters. The van der Waals surface area contributed by atoms with Crippen molar-refractivity contribution in [2.75, 3.05) is 71.3 Å². The van der Waals surface area contributed by atoms with Gasteiger partial charge in [0.2, 0.25) is 11.8 Å². The third-order valence-corrected chi connectivity index (χ3v) is 9.47. The number of hydrogen-bond donors (Lipinski definition) is 4. The summed E-state index contributed by atoms with van der Waals surface area (Å²) in [6.07, 6.45) is -1.11. The number of benzene rings is 3. The molecule has 2 aliphatic heterocycles. The zero-order valence-corrected chi connectivity index (χ0v) is 31.8. The van der Waals surface area contributed by atoms with Crippen LogP contribution in [0.1, 0.15) is 52.1 Å². The standard InChI is InChI=1S/C40H42ClN3O13/c1-2-55-33-21-35-26(19-27(33)31(47)22-45)30(46)20-34(57-35)24-7-6-23(18-28(24)41)42-10-11-52-12-13-53-14-15-54-16-17-56-32-5-3-4-25-37(32)40(51)44(39(25)50)29-8-9-36(48)43-38(29)49/h3-7,18-21,29,31,42,45,47H,2,8-17,22H2,1H3,(H,43,48,49). The second-order valence-corrected chi connectivity index (χ2v) is 13.3. The Labute approximate surface area is 331 Å². The van der Waals surface area contributed by atoms with Gasteiger partial charge in [0.05, 0.1) is 74.4 Å². The summed E-state index contributed by atoms with van der Waals surface area (Å²) in [5.41, 5.74) is 1.67. The summed E-state index contributed by atoms with van der Waals surface area (Å²) in [4.78, 5) is 63.9. The number of aliphatic hydroxyl groups is 2. The third-order valence-electron chi connectivity index (χ3n) is 9.16. The van der Waals surface area contributed by atoms with Crippen molar-refractivity contribution in [2.45, 2.75) is 31.9 Å². The van der Waals surface area contributed by atoms with Gasteiger partial charge in [0.15, 0.2) is 5.43 Å². The summed E-state index contributed by atoms with van der Waals surface area (Å²) in [6.45, 7) is 4.08. The van der Waals surface area contributed by atoms with E-state index in [1.54, 1.807) is 37.3 Å². The molecule has 1 fully saturated rings. The molecule has 17 heteroatoms. The highest BCUT2D eigenvalue weighted by Crippen LogP contribution is 2.35. The number of amides is 4. The number of nitrogens with one attached hydrogen (secondary N) is 2. The van der Waals surface area contributed by atoms with Gasteiger partial charge in [0.1, 0.15) is 41.6 Å². The predicted molar refractivity (Wildman–Crippen MR) is 206 cm³/mol. The number of carbonyl (C=O) groups is 4. The van der Waals surface area contributed by atoms with Crippen LogP contribution in [0.15, 0.2) is 63.8 Å². The van der Waals surface area contributed by atoms with Crippen molar-refractivity contribution in [1.82, 2.24) is 10.2 Å². The van der Waals surface area contributed by atoms with E-state index in [-0.39, 0.29) is 65.1 Å². The Morgan fingerprint density at radius 1 is 0.877 bits per heavy atom. The van der Waals surface area contributed by atoms with E-state index in [0.29, 0.717) is 68.1 Å². The van der Waals surface area contributed by atoms with Gasteiger partial charge in [-0.05, 0) is 49.7 Å². The normalized spacial score (nSPS) is 15.9. The molecule has 4 N–H and O–H groups in total. The number of hydrogen-bond acceptors (Lipinski definition) is 14. The average Bonchev–Trinajstić information content (AvgIpc) is 3.45. The molecule has 0 aliphatic carbocycles. The van der Waals surface area contributed by atoms with Crippen molar-refractivity contribution >= 4 is 51.9 Å². The minimum Gasteiger partial charge on any atom is -0.493 e. The molecule has 4 aromatic rings. The quantitative estimate of drug-likeness (QED) is 0.0744. The van der Waals surface area contributed by atoms with Crippen LogP contribution in [0.3, 0.4) is 0 Å². The first-order chi connectivity index (χ1) is 27.6. The Balaban J connectivity index is 0.863. The van der Waals surface area contributed by atoms with E-state index in [9.17, 15) is 34.2 Å². The highest BCUT2D eigenvalue weighted by Gasteiger charge is 2.46. The first kappa shape index (κ1) is 41.3. The summed E-state index contributed by atoms with van der Waals surface area (Å²) in [5.74, 6) is -1.59. The van der Waals surface area contributed by atoms with E-state index in [1.165, 1.54) is 24.3 Å². The van der Waals surface area contributed by atoms with Crippen molar-refractivity contribution in [3.05, 3.63) is 86.5 Å². The fraction of sp³-hybridized carbons (Fsp3) is 0.375. The molecule has 57 heavy (non-hydrogen) atoms. The molecule has 0 spiro atoms. The SMILES string of the molecule is CCOc1cc2oc(-c3ccc(NCCOCCOCCOCCOc4cccc5c4C(=O)N(C4CCC(=O)NC4=O)C5=O)cc3Cl)cc(=O)c2cc1C(O)CO. The maximum absolute atomic E-state index is 13.2. The minimum atomic E-state index is -1.21. The van der Waals surface area contributed by atoms with Crippen LogP contribution in [0.2, 0.25) is 5.02 Å². The number of aliphatic hydroxyl groups excluding tert-OH is 2. The Morgan fingerprint density at radius 2 is 1.61 bits per heavy atom. The van der Waals surface area contributed by atoms with Crippen molar-refractivity contribution in [1.29, 1.82) is 0 Å². The Kier molecular flexibility index (Phi) is 13.9. The highest BCUT2D eigenvalue weighted by atomic mass is 35.5. The lowest BCUT2D eigenvalue weighted by Gasteiger charge is -2.27. The first-order valence-corrected chi connectivity index (χ1v) is 18.8. The Morgan fingerprint density at radius 3 is 2.32 bits per heavy atom. The van der Waals surface area contributed by atoms with Gasteiger partial charge in [-0.15, -0.1) is 0 Å². The monoisotopic (exact) mass is 807 g/mol. The predicted octanol–water partition coefficient (Wildman–Crippen LogP) is 3.48. The number of ether oxygens (including phenoxy) is 5. The minimum absolute atomic E-state index is 0.0353. The van der Waals surface area contributed by atoms with Gasteiger partial charge < -0.3 is 43.6 Å². The Hall–Kier alpha value is -5.36. The molecular formula is C40H42ClN3O13. The highest BCUT2D eigenvalue weighted by molar-refractivity contribution is 6.33. The summed E-state index contributed by atoms with van der Waals surface area (Å²) in [7, 11) is 0. The molecule has 0 radical (unpaired) electrons. The number of halogens is 1. The van der Waals surface area contributed by atoms with Crippen LogP contribution in [-0.4, -0.2) is 111 Å². The van der Waals surface area contributed by atoms with Crippen LogP contribution in [0.25, 0.3) is 22.3 Å². The molecule has 2 aliphatic rings. The van der Waals surface area contributed by atoms with Gasteiger partial charge in [0, 0.05) is 41.9 Å². The van der Waals surface area contributed by atoms with Crippen LogP contribution in [-0.2, 0) is 23.8 Å². The molecule has 2 atom stereocenters. The molecular weight excluding hydrogens is 766 g/mol. The fourth-order valence-electron chi connectivity index (χ4n) is 6.42. The van der Waals surface area contributed by atoms with E-state index in [0.717, 1.165) is 10.6 Å². The van der Waals surface area contributed by atoms with Gasteiger partial charge in [-0.25, -0.2) is 0 Å². The van der Waals surface area contributed by atoms with Crippen molar-refractivity contribution in [3.8, 4) is 22.8 Å². The molecule has 1 saturated heterocycles. The van der Waals surface area contributed by atoms with Gasteiger partial charge >= 0.3 is 0 Å². The smallest absolute Gasteiger partial charge is 0.266 e. The lowest BCUT2D eigenvalue weighted by atomic mass is 10.0. The number of fused-ring (bicyclic) bond motifs is 2. The van der Waals surface area contributed by atoms with E-state index >= 15 is 0 Å². The number of rotatable bonds is 20. The number of carbonyl (C=O) groups excluding carboxylic acids is 4. The molecule has 3 aromatic carbocycles. The Bertz CT molecular complexity index is 2190. The van der Waals surface area contributed by atoms with Crippen molar-refractivity contribution in [2.24, 2.45) is 0 Å². The molecule has 4 amide bonds. The van der Waals surface area contributed by atoms with Crippen molar-refractivity contribution in [3.63, 3.8) is 0 Å². The molecule has 3 heterocycles. The van der Waals surface area contributed by atoms with E-state index < -0.39 is 42.4 Å².